The molecule has 3 nitrogen and oxygen atoms in total. The van der Waals surface area contributed by atoms with E-state index in [1.165, 1.54) is 7.11 Å². The summed E-state index contributed by atoms with van der Waals surface area (Å²) in [4.78, 5) is 9.19. The second-order valence-corrected chi connectivity index (χ2v) is 4.21. The summed E-state index contributed by atoms with van der Waals surface area (Å²) in [6.45, 7) is 0.448. The van der Waals surface area contributed by atoms with Crippen molar-refractivity contribution in [3.05, 3.63) is 0 Å². The molecule has 1 N–H and O–H groups in total. The predicted octanol–water partition coefficient (Wildman–Crippen LogP) is 1.64. The Morgan fingerprint density at radius 2 is 2.25 bits per heavy atom. The van der Waals surface area contributed by atoms with Crippen LogP contribution in [0.25, 0.3) is 0 Å². The molecule has 0 saturated carbocycles. The molecule has 0 radical (unpaired) electrons. The Morgan fingerprint density at radius 1 is 1.58 bits per heavy atom. The summed E-state index contributed by atoms with van der Waals surface area (Å²) in [5.41, 5.74) is 0. The number of terminal acetylenes is 1. The molecule has 0 aromatic heterocycles. The van der Waals surface area contributed by atoms with Crippen LogP contribution in [-0.2, 0) is 9.05 Å². The summed E-state index contributed by atoms with van der Waals surface area (Å²) >= 11 is 0. The van der Waals surface area contributed by atoms with Crippen molar-refractivity contribution < 1.29 is 13.9 Å². The molecule has 0 fully saturated rings. The quantitative estimate of drug-likeness (QED) is 0.393. The van der Waals surface area contributed by atoms with Crippen molar-refractivity contribution in [1.82, 2.24) is 0 Å². The highest BCUT2D eigenvalue weighted by Crippen LogP contribution is 2.41. The van der Waals surface area contributed by atoms with Gasteiger partial charge in [0.15, 0.2) is 0 Å². The van der Waals surface area contributed by atoms with E-state index in [-0.39, 0.29) is 0 Å². The van der Waals surface area contributed by atoms with Crippen LogP contribution in [0.2, 0.25) is 0 Å². The third-order valence-electron chi connectivity index (χ3n) is 1.29. The van der Waals surface area contributed by atoms with Gasteiger partial charge in [0, 0.05) is 13.5 Å². The van der Waals surface area contributed by atoms with Gasteiger partial charge in [0.2, 0.25) is 7.57 Å². The Balaban J connectivity index is 3.33. The summed E-state index contributed by atoms with van der Waals surface area (Å²) in [5, 5.41) is 0. The van der Waals surface area contributed by atoms with E-state index in [1.807, 2.05) is 0 Å². The first-order valence-corrected chi connectivity index (χ1v) is 5.48. The minimum absolute atomic E-state index is 0.448. The topological polar surface area (TPSA) is 38.7 Å². The van der Waals surface area contributed by atoms with Crippen LogP contribution in [0.1, 0.15) is 19.3 Å². The van der Waals surface area contributed by atoms with Crippen LogP contribution in [0.5, 0.6) is 0 Å². The molecule has 0 aliphatic heterocycles. The highest BCUT2D eigenvalue weighted by molar-refractivity contribution is 7.58. The average Bonchev–Trinajstić information content (AvgIpc) is 2.04. The van der Waals surface area contributed by atoms with Gasteiger partial charge in [-0.15, -0.1) is 12.3 Å². The van der Waals surface area contributed by atoms with Crippen molar-refractivity contribution >= 4 is 13.9 Å². The van der Waals surface area contributed by atoms with E-state index in [2.05, 4.69) is 16.7 Å². The number of hydrogen-bond acceptors (Lipinski definition) is 3. The van der Waals surface area contributed by atoms with Gasteiger partial charge >= 0.3 is 0 Å². The van der Waals surface area contributed by atoms with Gasteiger partial charge < -0.3 is 13.9 Å². The molecule has 0 saturated heterocycles. The van der Waals surface area contributed by atoms with E-state index >= 15 is 0 Å². The zero-order chi connectivity index (χ0) is 9.45. The lowest BCUT2D eigenvalue weighted by molar-refractivity contribution is 0.220. The fraction of sp³-hybridized carbons (Fsp3) is 0.625. The van der Waals surface area contributed by atoms with Crippen molar-refractivity contribution in [2.45, 2.75) is 19.3 Å². The van der Waals surface area contributed by atoms with E-state index in [0.717, 1.165) is 19.3 Å². The summed E-state index contributed by atoms with van der Waals surface area (Å²) in [7, 11) is -1.40. The number of unbranched alkanes of at least 4 members (excludes halogenated alkanes) is 2. The molecule has 4 heteroatoms. The molecule has 1 atom stereocenters. The van der Waals surface area contributed by atoms with Gasteiger partial charge in [-0.05, 0) is 19.1 Å². The zero-order valence-electron chi connectivity index (χ0n) is 7.32. The Hall–Kier alpha value is -0.260. The van der Waals surface area contributed by atoms with E-state index < -0.39 is 7.57 Å². The fourth-order valence-corrected chi connectivity index (χ4v) is 1.11. The zero-order valence-corrected chi connectivity index (χ0v) is 8.22. The van der Waals surface area contributed by atoms with Crippen molar-refractivity contribution in [3.63, 3.8) is 0 Å². The van der Waals surface area contributed by atoms with Crippen LogP contribution < -0.4 is 0 Å². The minimum Gasteiger partial charge on any atom is -0.333 e. The third-order valence-corrected chi connectivity index (χ3v) is 2.45. The number of rotatable bonds is 6. The second-order valence-electron chi connectivity index (χ2n) is 2.31. The van der Waals surface area contributed by atoms with Gasteiger partial charge in [-0.2, -0.15) is 0 Å². The van der Waals surface area contributed by atoms with Crippen LogP contribution in [0, 0.1) is 12.3 Å². The van der Waals surface area contributed by atoms with Crippen molar-refractivity contribution in [3.8, 4) is 12.3 Å². The van der Waals surface area contributed by atoms with Crippen LogP contribution in [0.15, 0.2) is 0 Å². The van der Waals surface area contributed by atoms with E-state index in [9.17, 15) is 4.89 Å². The molecule has 0 spiro atoms. The molecular weight excluding hydrogens is 175 g/mol. The Morgan fingerprint density at radius 3 is 2.75 bits per heavy atom. The van der Waals surface area contributed by atoms with Crippen molar-refractivity contribution in [2.75, 3.05) is 13.7 Å². The first-order valence-electron chi connectivity index (χ1n) is 3.72. The minimum atomic E-state index is -2.77. The van der Waals surface area contributed by atoms with Gasteiger partial charge in [-0.25, -0.2) is 0 Å². The summed E-state index contributed by atoms with van der Waals surface area (Å²) in [6, 6.07) is 0. The lowest BCUT2D eigenvalue weighted by atomic mass is 10.2. The van der Waals surface area contributed by atoms with Crippen molar-refractivity contribution in [1.29, 1.82) is 0 Å². The molecule has 0 aliphatic carbocycles. The molecule has 0 rings (SSSR count). The first kappa shape index (κ1) is 11.7. The molecule has 0 amide bonds. The predicted molar refractivity (Wildman–Crippen MR) is 51.9 cm³/mol. The Bertz CT molecular complexity index is 195. The molecular formula is C8H15O3P. The molecule has 0 bridgehead atoms. The van der Waals surface area contributed by atoms with Crippen LogP contribution in [0.3, 0.4) is 0 Å². The molecule has 70 valence electrons. The maximum Gasteiger partial charge on any atom is 0.247 e. The molecule has 1 unspecified atom stereocenters. The first-order chi connectivity index (χ1) is 5.62. The lowest BCUT2D eigenvalue weighted by Gasteiger charge is -2.14. The van der Waals surface area contributed by atoms with E-state index in [0.29, 0.717) is 6.61 Å². The van der Waals surface area contributed by atoms with E-state index in [1.54, 1.807) is 0 Å². The number of hydrogen-bond donors (Lipinski definition) is 1. The smallest absolute Gasteiger partial charge is 0.247 e. The van der Waals surface area contributed by atoms with Crippen molar-refractivity contribution in [2.24, 2.45) is 0 Å². The molecule has 0 aromatic rings. The SMILES string of the molecule is C#CCCCCOP(=C)(O)OC. The second kappa shape index (κ2) is 6.28. The average molecular weight is 190 g/mol. The van der Waals surface area contributed by atoms with Crippen LogP contribution in [0.4, 0.5) is 0 Å². The molecule has 0 heterocycles. The molecule has 12 heavy (non-hydrogen) atoms. The van der Waals surface area contributed by atoms with Gasteiger partial charge in [-0.1, -0.05) is 0 Å². The van der Waals surface area contributed by atoms with Gasteiger partial charge in [0.05, 0.1) is 6.61 Å². The third kappa shape index (κ3) is 6.45. The maximum atomic E-state index is 9.19. The van der Waals surface area contributed by atoms with Gasteiger partial charge in [0.25, 0.3) is 0 Å². The lowest BCUT2D eigenvalue weighted by Crippen LogP contribution is -1.94. The maximum absolute atomic E-state index is 9.19. The normalized spacial score (nSPS) is 15.1. The van der Waals surface area contributed by atoms with E-state index in [4.69, 9.17) is 10.9 Å². The summed E-state index contributed by atoms with van der Waals surface area (Å²) < 4.78 is 9.63. The van der Waals surface area contributed by atoms with Gasteiger partial charge in [0.1, 0.15) is 0 Å². The van der Waals surface area contributed by atoms with Crippen LogP contribution >= 0.6 is 7.57 Å². The standard InChI is InChI=1S/C8H15O3P/c1-4-5-6-7-8-11-12(3,9)10-2/h1,9H,3,5-8H2,2H3. The summed E-state index contributed by atoms with van der Waals surface area (Å²) in [6.07, 6.45) is 10.9. The molecule has 0 aromatic carbocycles. The Labute approximate surface area is 73.9 Å². The largest absolute Gasteiger partial charge is 0.333 e. The molecule has 0 aliphatic rings. The Kier molecular flexibility index (Phi) is 6.14. The monoisotopic (exact) mass is 190 g/mol. The highest BCUT2D eigenvalue weighted by Gasteiger charge is 2.06. The highest BCUT2D eigenvalue weighted by atomic mass is 31.2. The summed E-state index contributed by atoms with van der Waals surface area (Å²) in [5.74, 6) is 2.52. The van der Waals surface area contributed by atoms with Crippen LogP contribution in [-0.4, -0.2) is 24.9 Å². The van der Waals surface area contributed by atoms with Gasteiger partial charge in [-0.3, -0.25) is 0 Å². The fourth-order valence-electron chi connectivity index (χ4n) is 0.589.